The van der Waals surface area contributed by atoms with Gasteiger partial charge >= 0.3 is 5.97 Å². The predicted molar refractivity (Wildman–Crippen MR) is 62.7 cm³/mol. The third-order valence-electron chi connectivity index (χ3n) is 2.84. The third kappa shape index (κ3) is 2.39. The van der Waals surface area contributed by atoms with Gasteiger partial charge in [0.05, 0.1) is 6.61 Å². The molecule has 0 aliphatic carbocycles. The monoisotopic (exact) mass is 253 g/mol. The number of hydrogen-bond donors (Lipinski definition) is 2. The van der Waals surface area contributed by atoms with Crippen LogP contribution >= 0.6 is 0 Å². The summed E-state index contributed by atoms with van der Waals surface area (Å²) in [6.45, 7) is 0.346. The van der Waals surface area contributed by atoms with E-state index in [1.165, 1.54) is 0 Å². The number of nitrogens with zero attached hydrogens (tertiary/aromatic N) is 1. The van der Waals surface area contributed by atoms with E-state index in [1.54, 1.807) is 30.1 Å². The summed E-state index contributed by atoms with van der Waals surface area (Å²) in [4.78, 5) is 12.9. The molecule has 18 heavy (non-hydrogen) atoms. The lowest BCUT2D eigenvalue weighted by atomic mass is 10.1. The molecule has 0 spiro atoms. The average Bonchev–Trinajstić information content (AvgIpc) is 2.76. The Kier molecular flexibility index (Phi) is 3.69. The Bertz CT molecular complexity index is 448. The van der Waals surface area contributed by atoms with Crippen LogP contribution in [0.25, 0.3) is 0 Å². The number of benzene rings is 1. The van der Waals surface area contributed by atoms with Crippen molar-refractivity contribution in [2.75, 3.05) is 27.0 Å². The molecule has 1 aliphatic rings. The van der Waals surface area contributed by atoms with Gasteiger partial charge in [0.15, 0.2) is 11.5 Å². The summed E-state index contributed by atoms with van der Waals surface area (Å²) >= 11 is 0. The van der Waals surface area contributed by atoms with Crippen LogP contribution in [0.5, 0.6) is 11.5 Å². The van der Waals surface area contributed by atoms with E-state index in [4.69, 9.17) is 14.6 Å². The van der Waals surface area contributed by atoms with Crippen LogP contribution in [0.15, 0.2) is 18.2 Å². The van der Waals surface area contributed by atoms with Gasteiger partial charge in [-0.2, -0.15) is 0 Å². The molecule has 0 radical (unpaired) electrons. The standard InChI is InChI=1S/C12H15NO5/c1-13(4-5-14)11(12(15)16)8-2-3-9-10(6-8)18-7-17-9/h2-3,6,11,14H,4-5,7H2,1H3,(H,15,16). The molecule has 2 N–H and O–H groups in total. The van der Waals surface area contributed by atoms with E-state index in [9.17, 15) is 9.90 Å². The second-order valence-electron chi connectivity index (χ2n) is 4.06. The van der Waals surface area contributed by atoms with Crippen molar-refractivity contribution in [2.24, 2.45) is 0 Å². The number of rotatable bonds is 5. The smallest absolute Gasteiger partial charge is 0.325 e. The number of carboxylic acid groups (broad SMARTS) is 1. The molecule has 98 valence electrons. The van der Waals surface area contributed by atoms with Crippen molar-refractivity contribution in [1.29, 1.82) is 0 Å². The zero-order valence-corrected chi connectivity index (χ0v) is 10.00. The van der Waals surface area contributed by atoms with Crippen molar-refractivity contribution in [1.82, 2.24) is 4.90 Å². The zero-order valence-electron chi connectivity index (χ0n) is 10.00. The summed E-state index contributed by atoms with van der Waals surface area (Å²) in [6, 6.07) is 4.24. The number of aliphatic carboxylic acids is 1. The maximum atomic E-state index is 11.3. The second kappa shape index (κ2) is 5.24. The maximum absolute atomic E-state index is 11.3. The first kappa shape index (κ1) is 12.7. The molecule has 0 saturated carbocycles. The van der Waals surface area contributed by atoms with Crippen molar-refractivity contribution in [3.05, 3.63) is 23.8 Å². The summed E-state index contributed by atoms with van der Waals surface area (Å²) < 4.78 is 10.4. The molecule has 1 atom stereocenters. The minimum Gasteiger partial charge on any atom is -0.480 e. The molecule has 0 saturated heterocycles. The van der Waals surface area contributed by atoms with E-state index >= 15 is 0 Å². The molecule has 6 nitrogen and oxygen atoms in total. The van der Waals surface area contributed by atoms with Crippen molar-refractivity contribution in [2.45, 2.75) is 6.04 Å². The molecule has 0 aromatic heterocycles. The Balaban J connectivity index is 2.28. The van der Waals surface area contributed by atoms with Crippen molar-refractivity contribution < 1.29 is 24.5 Å². The van der Waals surface area contributed by atoms with Crippen LogP contribution < -0.4 is 9.47 Å². The molecule has 0 fully saturated rings. The summed E-state index contributed by atoms with van der Waals surface area (Å²) in [5.74, 6) is 0.202. The van der Waals surface area contributed by atoms with Crippen molar-refractivity contribution in [3.63, 3.8) is 0 Å². The Morgan fingerprint density at radius 3 is 2.83 bits per heavy atom. The van der Waals surface area contributed by atoms with E-state index in [0.29, 0.717) is 17.1 Å². The first-order valence-electron chi connectivity index (χ1n) is 5.57. The zero-order chi connectivity index (χ0) is 13.1. The quantitative estimate of drug-likeness (QED) is 0.794. The van der Waals surface area contributed by atoms with Gasteiger partial charge in [-0.05, 0) is 24.7 Å². The number of aliphatic hydroxyl groups excluding tert-OH is 1. The average molecular weight is 253 g/mol. The van der Waals surface area contributed by atoms with Crippen LogP contribution in [-0.2, 0) is 4.79 Å². The third-order valence-corrected chi connectivity index (χ3v) is 2.84. The lowest BCUT2D eigenvalue weighted by molar-refractivity contribution is -0.143. The highest BCUT2D eigenvalue weighted by Gasteiger charge is 2.26. The molecule has 1 aromatic rings. The number of aliphatic hydroxyl groups is 1. The van der Waals surface area contributed by atoms with Crippen LogP contribution in [0.2, 0.25) is 0 Å². The molecule has 6 heteroatoms. The van der Waals surface area contributed by atoms with Crippen LogP contribution in [-0.4, -0.2) is 48.1 Å². The lowest BCUT2D eigenvalue weighted by Crippen LogP contribution is -2.32. The number of carbonyl (C=O) groups is 1. The van der Waals surface area contributed by atoms with Gasteiger partial charge in [-0.1, -0.05) is 6.07 Å². The first-order valence-corrected chi connectivity index (χ1v) is 5.57. The van der Waals surface area contributed by atoms with Crippen molar-refractivity contribution in [3.8, 4) is 11.5 Å². The van der Waals surface area contributed by atoms with Crippen LogP contribution in [0.3, 0.4) is 0 Å². The largest absolute Gasteiger partial charge is 0.480 e. The van der Waals surface area contributed by atoms with E-state index in [2.05, 4.69) is 0 Å². The van der Waals surface area contributed by atoms with Gasteiger partial charge in [-0.15, -0.1) is 0 Å². The summed E-state index contributed by atoms with van der Waals surface area (Å²) in [6.07, 6.45) is 0. The Morgan fingerprint density at radius 2 is 2.17 bits per heavy atom. The molecule has 1 aromatic carbocycles. The number of likely N-dealkylation sites (N-methyl/N-ethyl adjacent to an activating group) is 1. The second-order valence-corrected chi connectivity index (χ2v) is 4.06. The van der Waals surface area contributed by atoms with E-state index in [0.717, 1.165) is 0 Å². The fourth-order valence-corrected chi connectivity index (χ4v) is 1.96. The van der Waals surface area contributed by atoms with E-state index in [1.807, 2.05) is 0 Å². The molecule has 1 aliphatic heterocycles. The summed E-state index contributed by atoms with van der Waals surface area (Å²) in [5, 5.41) is 18.2. The maximum Gasteiger partial charge on any atom is 0.325 e. The van der Waals surface area contributed by atoms with Gasteiger partial charge in [0, 0.05) is 6.54 Å². The normalized spacial score (nSPS) is 14.8. The van der Waals surface area contributed by atoms with E-state index in [-0.39, 0.29) is 19.9 Å². The minimum atomic E-state index is -0.968. The molecule has 1 heterocycles. The molecule has 1 unspecified atom stereocenters. The number of carboxylic acids is 1. The minimum absolute atomic E-state index is 0.0924. The predicted octanol–water partition coefficient (Wildman–Crippen LogP) is 0.465. The fourth-order valence-electron chi connectivity index (χ4n) is 1.96. The molecular weight excluding hydrogens is 238 g/mol. The van der Waals surface area contributed by atoms with Crippen LogP contribution in [0.4, 0.5) is 0 Å². The Labute approximate surface area is 104 Å². The van der Waals surface area contributed by atoms with Crippen LogP contribution in [0, 0.1) is 0 Å². The molecular formula is C12H15NO5. The topological polar surface area (TPSA) is 79.2 Å². The summed E-state index contributed by atoms with van der Waals surface area (Å²) in [7, 11) is 1.65. The SMILES string of the molecule is CN(CCO)C(C(=O)O)c1ccc2c(c1)OCO2. The van der Waals surface area contributed by atoms with Gasteiger partial charge in [-0.25, -0.2) is 0 Å². The highest BCUT2D eigenvalue weighted by atomic mass is 16.7. The lowest BCUT2D eigenvalue weighted by Gasteiger charge is -2.24. The van der Waals surface area contributed by atoms with Gasteiger partial charge < -0.3 is 19.7 Å². The van der Waals surface area contributed by atoms with Gasteiger partial charge in [0.2, 0.25) is 6.79 Å². The molecule has 0 amide bonds. The van der Waals surface area contributed by atoms with Crippen LogP contribution in [0.1, 0.15) is 11.6 Å². The van der Waals surface area contributed by atoms with E-state index < -0.39 is 12.0 Å². The fraction of sp³-hybridized carbons (Fsp3) is 0.417. The molecule has 2 rings (SSSR count). The molecule has 0 bridgehead atoms. The Hall–Kier alpha value is -1.79. The van der Waals surface area contributed by atoms with Gasteiger partial charge in [0.25, 0.3) is 0 Å². The highest BCUT2D eigenvalue weighted by molar-refractivity contribution is 5.76. The first-order chi connectivity index (χ1) is 8.63. The number of hydrogen-bond acceptors (Lipinski definition) is 5. The van der Waals surface area contributed by atoms with Gasteiger partial charge in [0.1, 0.15) is 6.04 Å². The highest BCUT2D eigenvalue weighted by Crippen LogP contribution is 2.35. The number of fused-ring (bicyclic) bond motifs is 1. The Morgan fingerprint density at radius 1 is 1.44 bits per heavy atom. The summed E-state index contributed by atoms with van der Waals surface area (Å²) in [5.41, 5.74) is 0.600. The van der Waals surface area contributed by atoms with Gasteiger partial charge in [-0.3, -0.25) is 9.69 Å². The van der Waals surface area contributed by atoms with Crippen molar-refractivity contribution >= 4 is 5.97 Å². The number of ether oxygens (including phenoxy) is 2.